The maximum Gasteiger partial charge on any atom is 0.227 e. The summed E-state index contributed by atoms with van der Waals surface area (Å²) in [5.74, 6) is 0.221. The standard InChI is InChI=1S/C16H15N3O3S/c17-6-10-1-2-15(5-12(10)7-18)19-16(20)11-3-13-8-23(21,22)9-14(13)4-11/h1-2,5,11,13-14H,3-4,8-9H2,(H,19,20)/t11?,13-,14+. The summed E-state index contributed by atoms with van der Waals surface area (Å²) in [7, 11) is -2.93. The number of nitrogens with one attached hydrogen (secondary N) is 1. The first kappa shape index (κ1) is 15.5. The lowest BCUT2D eigenvalue weighted by Crippen LogP contribution is -2.22. The minimum Gasteiger partial charge on any atom is -0.326 e. The molecule has 0 aromatic heterocycles. The molecular formula is C16H15N3O3S. The fourth-order valence-electron chi connectivity index (χ4n) is 3.61. The zero-order valence-electron chi connectivity index (χ0n) is 12.3. The maximum atomic E-state index is 12.4. The van der Waals surface area contributed by atoms with E-state index in [2.05, 4.69) is 5.32 Å². The average molecular weight is 329 g/mol. The molecule has 1 aliphatic heterocycles. The van der Waals surface area contributed by atoms with Crippen LogP contribution in [0.25, 0.3) is 0 Å². The third-order valence-corrected chi connectivity index (χ3v) is 6.55. The summed E-state index contributed by atoms with van der Waals surface area (Å²) in [6.45, 7) is 0. The number of hydrogen-bond acceptors (Lipinski definition) is 5. The molecule has 1 aromatic carbocycles. The molecule has 1 aliphatic carbocycles. The van der Waals surface area contributed by atoms with E-state index in [0.29, 0.717) is 18.5 Å². The largest absolute Gasteiger partial charge is 0.326 e. The van der Waals surface area contributed by atoms with Gasteiger partial charge in [0.05, 0.1) is 22.6 Å². The summed E-state index contributed by atoms with van der Waals surface area (Å²) < 4.78 is 23.2. The Hall–Kier alpha value is -2.38. The van der Waals surface area contributed by atoms with Gasteiger partial charge in [-0.1, -0.05) is 0 Å². The van der Waals surface area contributed by atoms with E-state index >= 15 is 0 Å². The summed E-state index contributed by atoms with van der Waals surface area (Å²) in [6, 6.07) is 8.44. The van der Waals surface area contributed by atoms with Crippen LogP contribution in [0.4, 0.5) is 5.69 Å². The number of anilines is 1. The van der Waals surface area contributed by atoms with Gasteiger partial charge in [-0.05, 0) is 42.9 Å². The van der Waals surface area contributed by atoms with Gasteiger partial charge in [0.1, 0.15) is 12.1 Å². The van der Waals surface area contributed by atoms with Crippen LogP contribution in [0.15, 0.2) is 18.2 Å². The second kappa shape index (κ2) is 5.68. The topological polar surface area (TPSA) is 111 Å². The number of hydrogen-bond donors (Lipinski definition) is 1. The van der Waals surface area contributed by atoms with E-state index in [4.69, 9.17) is 10.5 Å². The Morgan fingerprint density at radius 2 is 1.70 bits per heavy atom. The normalized spacial score (nSPS) is 27.7. The van der Waals surface area contributed by atoms with Gasteiger partial charge >= 0.3 is 0 Å². The molecular weight excluding hydrogens is 314 g/mol. The van der Waals surface area contributed by atoms with Crippen LogP contribution in [-0.2, 0) is 14.6 Å². The Labute approximate surface area is 134 Å². The van der Waals surface area contributed by atoms with Crippen molar-refractivity contribution in [1.82, 2.24) is 0 Å². The Bertz CT molecular complexity index is 828. The van der Waals surface area contributed by atoms with Gasteiger partial charge in [0.2, 0.25) is 5.91 Å². The zero-order chi connectivity index (χ0) is 16.6. The number of benzene rings is 1. The van der Waals surface area contributed by atoms with E-state index in [1.165, 1.54) is 12.1 Å². The van der Waals surface area contributed by atoms with Gasteiger partial charge in [-0.3, -0.25) is 4.79 Å². The molecule has 6 nitrogen and oxygen atoms in total. The van der Waals surface area contributed by atoms with Gasteiger partial charge in [0, 0.05) is 11.6 Å². The van der Waals surface area contributed by atoms with E-state index in [-0.39, 0.29) is 46.3 Å². The minimum absolute atomic E-state index is 0.0892. The van der Waals surface area contributed by atoms with Crippen molar-refractivity contribution in [3.63, 3.8) is 0 Å². The van der Waals surface area contributed by atoms with Crippen LogP contribution in [0.5, 0.6) is 0 Å². The number of nitriles is 2. The fraction of sp³-hybridized carbons (Fsp3) is 0.438. The average Bonchev–Trinajstić information content (AvgIpc) is 3.00. The Morgan fingerprint density at radius 3 is 2.26 bits per heavy atom. The molecule has 1 amide bonds. The van der Waals surface area contributed by atoms with Gasteiger partial charge in [-0.15, -0.1) is 0 Å². The number of fused-ring (bicyclic) bond motifs is 1. The summed E-state index contributed by atoms with van der Waals surface area (Å²) in [5.41, 5.74) is 0.973. The highest BCUT2D eigenvalue weighted by Crippen LogP contribution is 2.43. The van der Waals surface area contributed by atoms with Gasteiger partial charge in [0.15, 0.2) is 9.84 Å². The van der Waals surface area contributed by atoms with Crippen molar-refractivity contribution < 1.29 is 13.2 Å². The fourth-order valence-corrected chi connectivity index (χ4v) is 5.87. The molecule has 1 heterocycles. The van der Waals surface area contributed by atoms with Crippen LogP contribution >= 0.6 is 0 Å². The summed E-state index contributed by atoms with van der Waals surface area (Å²) in [5, 5.41) is 20.7. The first-order valence-electron chi connectivity index (χ1n) is 7.37. The lowest BCUT2D eigenvalue weighted by molar-refractivity contribution is -0.119. The number of nitrogens with zero attached hydrogens (tertiary/aromatic N) is 2. The molecule has 2 aliphatic rings. The van der Waals surface area contributed by atoms with Gasteiger partial charge in [0.25, 0.3) is 0 Å². The SMILES string of the molecule is N#Cc1ccc(NC(=O)C2C[C@@H]3CS(=O)(=O)C[C@@H]3C2)cc1C#N. The number of sulfone groups is 1. The highest BCUT2D eigenvalue weighted by atomic mass is 32.2. The molecule has 0 bridgehead atoms. The Balaban J connectivity index is 1.68. The first-order chi connectivity index (χ1) is 10.9. The maximum absolute atomic E-state index is 12.4. The molecule has 3 rings (SSSR count). The molecule has 7 heteroatoms. The Kier molecular flexibility index (Phi) is 3.83. The third-order valence-electron chi connectivity index (χ3n) is 4.68. The smallest absolute Gasteiger partial charge is 0.227 e. The predicted octanol–water partition coefficient (Wildman–Crippen LogP) is 1.44. The quantitative estimate of drug-likeness (QED) is 0.882. The lowest BCUT2D eigenvalue weighted by Gasteiger charge is -2.12. The van der Waals surface area contributed by atoms with Crippen molar-refractivity contribution in [2.75, 3.05) is 16.8 Å². The molecule has 0 radical (unpaired) electrons. The molecule has 3 atom stereocenters. The molecule has 1 N–H and O–H groups in total. The number of carbonyl (C=O) groups is 1. The molecule has 1 saturated heterocycles. The minimum atomic E-state index is -2.93. The predicted molar refractivity (Wildman–Crippen MR) is 82.9 cm³/mol. The van der Waals surface area contributed by atoms with Crippen LogP contribution < -0.4 is 5.32 Å². The van der Waals surface area contributed by atoms with E-state index < -0.39 is 9.84 Å². The summed E-state index contributed by atoms with van der Waals surface area (Å²) in [6.07, 6.45) is 1.19. The molecule has 118 valence electrons. The second-order valence-corrected chi connectivity index (χ2v) is 8.39. The molecule has 1 aromatic rings. The second-order valence-electron chi connectivity index (χ2n) is 6.24. The highest BCUT2D eigenvalue weighted by Gasteiger charge is 2.46. The van der Waals surface area contributed by atoms with Crippen molar-refractivity contribution >= 4 is 21.4 Å². The molecule has 23 heavy (non-hydrogen) atoms. The molecule has 1 saturated carbocycles. The van der Waals surface area contributed by atoms with Gasteiger partial charge in [-0.25, -0.2) is 8.42 Å². The van der Waals surface area contributed by atoms with E-state index in [1.54, 1.807) is 6.07 Å². The molecule has 0 spiro atoms. The van der Waals surface area contributed by atoms with Crippen molar-refractivity contribution in [1.29, 1.82) is 10.5 Å². The number of amides is 1. The highest BCUT2D eigenvalue weighted by molar-refractivity contribution is 7.91. The third kappa shape index (κ3) is 3.06. The van der Waals surface area contributed by atoms with Crippen LogP contribution in [0, 0.1) is 40.4 Å². The van der Waals surface area contributed by atoms with Crippen molar-refractivity contribution in [2.45, 2.75) is 12.8 Å². The van der Waals surface area contributed by atoms with E-state index in [0.717, 1.165) is 0 Å². The van der Waals surface area contributed by atoms with E-state index in [9.17, 15) is 13.2 Å². The van der Waals surface area contributed by atoms with Crippen molar-refractivity contribution in [2.24, 2.45) is 17.8 Å². The van der Waals surface area contributed by atoms with Crippen LogP contribution in [0.2, 0.25) is 0 Å². The van der Waals surface area contributed by atoms with Crippen LogP contribution in [-0.4, -0.2) is 25.8 Å². The van der Waals surface area contributed by atoms with Gasteiger partial charge in [-0.2, -0.15) is 10.5 Å². The van der Waals surface area contributed by atoms with Gasteiger partial charge < -0.3 is 5.32 Å². The summed E-state index contributed by atoms with van der Waals surface area (Å²) in [4.78, 5) is 12.4. The lowest BCUT2D eigenvalue weighted by atomic mass is 10.0. The monoisotopic (exact) mass is 329 g/mol. The molecule has 2 fully saturated rings. The Morgan fingerprint density at radius 1 is 1.09 bits per heavy atom. The van der Waals surface area contributed by atoms with Crippen molar-refractivity contribution in [3.05, 3.63) is 29.3 Å². The molecule has 1 unspecified atom stereocenters. The van der Waals surface area contributed by atoms with Crippen LogP contribution in [0.1, 0.15) is 24.0 Å². The van der Waals surface area contributed by atoms with Crippen molar-refractivity contribution in [3.8, 4) is 12.1 Å². The number of carbonyl (C=O) groups excluding carboxylic acids is 1. The van der Waals surface area contributed by atoms with E-state index in [1.807, 2.05) is 12.1 Å². The zero-order valence-corrected chi connectivity index (χ0v) is 13.1. The first-order valence-corrected chi connectivity index (χ1v) is 9.19. The summed E-state index contributed by atoms with van der Waals surface area (Å²) >= 11 is 0. The number of rotatable bonds is 2. The van der Waals surface area contributed by atoms with Crippen LogP contribution in [0.3, 0.4) is 0 Å².